The van der Waals surface area contributed by atoms with Gasteiger partial charge in [-0.25, -0.2) is 4.79 Å². The van der Waals surface area contributed by atoms with Crippen LogP contribution >= 0.6 is 0 Å². The second-order valence-corrected chi connectivity index (χ2v) is 3.98. The minimum atomic E-state index is -1.41. The third-order valence-electron chi connectivity index (χ3n) is 2.79. The molecule has 9 heteroatoms. The van der Waals surface area contributed by atoms with Gasteiger partial charge >= 0.3 is 5.69 Å². The van der Waals surface area contributed by atoms with E-state index >= 15 is 0 Å². The van der Waals surface area contributed by atoms with Crippen LogP contribution in [0.5, 0.6) is 0 Å². The molecule has 18 heavy (non-hydrogen) atoms. The summed E-state index contributed by atoms with van der Waals surface area (Å²) in [7, 11) is 0. The standard InChI is InChI=1S/C9H13N3O6/c10-3-1-12(9(17)11-7(3)16)8-6(15)5(14)4(2-13)18-8/h1,4-6,8,13-15H,2,10H2,(H,11,16,17)/t4-,5-,6-,8-/m1/s1. The van der Waals surface area contributed by atoms with Gasteiger partial charge in [0, 0.05) is 6.20 Å². The van der Waals surface area contributed by atoms with Gasteiger partial charge in [0.2, 0.25) is 0 Å². The molecular weight excluding hydrogens is 246 g/mol. The molecule has 4 atom stereocenters. The molecule has 0 spiro atoms. The Hall–Kier alpha value is -1.68. The number of nitrogens with two attached hydrogens (primary N) is 1. The molecule has 0 radical (unpaired) electrons. The molecule has 1 aromatic rings. The van der Waals surface area contributed by atoms with Crippen molar-refractivity contribution >= 4 is 5.69 Å². The van der Waals surface area contributed by atoms with Crippen LogP contribution in [0.4, 0.5) is 5.69 Å². The third-order valence-corrected chi connectivity index (χ3v) is 2.79. The summed E-state index contributed by atoms with van der Waals surface area (Å²) < 4.78 is 5.99. The van der Waals surface area contributed by atoms with Crippen molar-refractivity contribution in [3.63, 3.8) is 0 Å². The zero-order valence-electron chi connectivity index (χ0n) is 9.18. The topological polar surface area (TPSA) is 151 Å². The summed E-state index contributed by atoms with van der Waals surface area (Å²) in [4.78, 5) is 24.6. The second-order valence-electron chi connectivity index (χ2n) is 3.98. The van der Waals surface area contributed by atoms with E-state index in [9.17, 15) is 19.8 Å². The van der Waals surface area contributed by atoms with Gasteiger partial charge < -0.3 is 25.8 Å². The molecule has 6 N–H and O–H groups in total. The van der Waals surface area contributed by atoms with Crippen molar-refractivity contribution in [3.05, 3.63) is 27.0 Å². The zero-order chi connectivity index (χ0) is 13.4. The largest absolute Gasteiger partial charge is 0.394 e. The molecule has 9 nitrogen and oxygen atoms in total. The van der Waals surface area contributed by atoms with Crippen molar-refractivity contribution in [3.8, 4) is 0 Å². The van der Waals surface area contributed by atoms with Crippen LogP contribution in [-0.4, -0.2) is 49.8 Å². The second kappa shape index (κ2) is 4.53. The molecule has 0 unspecified atom stereocenters. The fourth-order valence-electron chi connectivity index (χ4n) is 1.80. The minimum Gasteiger partial charge on any atom is -0.394 e. The molecule has 0 amide bonds. The van der Waals surface area contributed by atoms with Crippen LogP contribution < -0.4 is 17.0 Å². The van der Waals surface area contributed by atoms with Gasteiger partial charge in [0.25, 0.3) is 5.56 Å². The molecule has 1 aliphatic heterocycles. The highest BCUT2D eigenvalue weighted by atomic mass is 16.6. The number of anilines is 1. The molecule has 1 aromatic heterocycles. The molecule has 0 aromatic carbocycles. The van der Waals surface area contributed by atoms with E-state index in [0.29, 0.717) is 0 Å². The Morgan fingerprint density at radius 2 is 2.06 bits per heavy atom. The lowest BCUT2D eigenvalue weighted by Gasteiger charge is -2.17. The van der Waals surface area contributed by atoms with Crippen LogP contribution in [0, 0.1) is 0 Å². The first-order valence-corrected chi connectivity index (χ1v) is 5.19. The minimum absolute atomic E-state index is 0.229. The lowest BCUT2D eigenvalue weighted by Crippen LogP contribution is -2.38. The van der Waals surface area contributed by atoms with Gasteiger partial charge in [-0.1, -0.05) is 0 Å². The lowest BCUT2D eigenvalue weighted by molar-refractivity contribution is -0.0549. The maximum Gasteiger partial charge on any atom is 0.330 e. The molecule has 1 aliphatic rings. The van der Waals surface area contributed by atoms with E-state index in [1.807, 2.05) is 4.98 Å². The predicted octanol–water partition coefficient (Wildman–Crippen LogP) is -3.27. The Balaban J connectivity index is 2.42. The van der Waals surface area contributed by atoms with E-state index in [2.05, 4.69) is 0 Å². The molecule has 0 saturated carbocycles. The third kappa shape index (κ3) is 1.93. The van der Waals surface area contributed by atoms with E-state index in [4.69, 9.17) is 15.6 Å². The van der Waals surface area contributed by atoms with Crippen molar-refractivity contribution in [2.24, 2.45) is 0 Å². The number of hydrogen-bond acceptors (Lipinski definition) is 7. The Bertz CT molecular complexity index is 552. The quantitative estimate of drug-likeness (QED) is 0.373. The zero-order valence-corrected chi connectivity index (χ0v) is 9.18. The fraction of sp³-hybridized carbons (Fsp3) is 0.556. The van der Waals surface area contributed by atoms with Crippen molar-refractivity contribution in [1.82, 2.24) is 9.55 Å². The number of aliphatic hydroxyl groups is 3. The van der Waals surface area contributed by atoms with Crippen molar-refractivity contribution in [2.45, 2.75) is 24.5 Å². The first-order chi connectivity index (χ1) is 8.45. The van der Waals surface area contributed by atoms with Crippen LogP contribution in [-0.2, 0) is 4.74 Å². The monoisotopic (exact) mass is 259 g/mol. The van der Waals surface area contributed by atoms with E-state index < -0.39 is 42.4 Å². The van der Waals surface area contributed by atoms with Crippen LogP contribution in [0.3, 0.4) is 0 Å². The molecule has 100 valence electrons. The van der Waals surface area contributed by atoms with E-state index in [1.54, 1.807) is 0 Å². The van der Waals surface area contributed by atoms with Crippen LogP contribution in [0.25, 0.3) is 0 Å². The molecule has 2 heterocycles. The average Bonchev–Trinajstić information content (AvgIpc) is 2.61. The summed E-state index contributed by atoms with van der Waals surface area (Å²) in [5, 5.41) is 28.2. The van der Waals surface area contributed by atoms with Crippen LogP contribution in [0.1, 0.15) is 6.23 Å². The summed E-state index contributed by atoms with van der Waals surface area (Å²) in [5.41, 5.74) is 3.55. The number of nitrogen functional groups attached to an aromatic ring is 1. The van der Waals surface area contributed by atoms with E-state index in [1.165, 1.54) is 0 Å². The highest BCUT2D eigenvalue weighted by Gasteiger charge is 2.43. The molecule has 0 aliphatic carbocycles. The predicted molar refractivity (Wildman–Crippen MR) is 58.7 cm³/mol. The van der Waals surface area contributed by atoms with Gasteiger partial charge in [-0.2, -0.15) is 0 Å². The summed E-state index contributed by atoms with van der Waals surface area (Å²) in [6.07, 6.45) is -3.96. The Morgan fingerprint density at radius 3 is 2.61 bits per heavy atom. The number of nitrogens with zero attached hydrogens (tertiary/aromatic N) is 1. The van der Waals surface area contributed by atoms with Crippen molar-refractivity contribution in [2.75, 3.05) is 12.3 Å². The first kappa shape index (κ1) is 12.8. The number of aromatic nitrogens is 2. The SMILES string of the molecule is Nc1cn([C@@H]2O[C@H](CO)[C@@H](O)[C@H]2O)c(=O)[nH]c1=O. The Labute approximate surface area is 100 Å². The number of ether oxygens (including phenoxy) is 1. The number of rotatable bonds is 2. The normalized spacial score (nSPS) is 31.7. The van der Waals surface area contributed by atoms with Crippen molar-refractivity contribution < 1.29 is 20.1 Å². The van der Waals surface area contributed by atoms with Gasteiger partial charge in [-0.3, -0.25) is 14.3 Å². The van der Waals surface area contributed by atoms with Gasteiger partial charge in [0.1, 0.15) is 24.0 Å². The molecule has 1 fully saturated rings. The molecule has 2 rings (SSSR count). The van der Waals surface area contributed by atoms with Crippen molar-refractivity contribution in [1.29, 1.82) is 0 Å². The summed E-state index contributed by atoms with van der Waals surface area (Å²) >= 11 is 0. The highest BCUT2D eigenvalue weighted by Crippen LogP contribution is 2.27. The number of H-pyrrole nitrogens is 1. The van der Waals surface area contributed by atoms with Gasteiger partial charge in [0.15, 0.2) is 6.23 Å². The smallest absolute Gasteiger partial charge is 0.330 e. The summed E-state index contributed by atoms with van der Waals surface area (Å²) in [6, 6.07) is 0. The molecule has 0 bridgehead atoms. The number of hydrogen-bond donors (Lipinski definition) is 5. The first-order valence-electron chi connectivity index (χ1n) is 5.19. The number of aliphatic hydroxyl groups excluding tert-OH is 3. The summed E-state index contributed by atoms with van der Waals surface area (Å²) in [6.45, 7) is -0.512. The van der Waals surface area contributed by atoms with E-state index in [0.717, 1.165) is 10.8 Å². The fourth-order valence-corrected chi connectivity index (χ4v) is 1.80. The average molecular weight is 259 g/mol. The van der Waals surface area contributed by atoms with Crippen LogP contribution in [0.15, 0.2) is 15.8 Å². The van der Waals surface area contributed by atoms with E-state index in [-0.39, 0.29) is 5.69 Å². The number of aromatic amines is 1. The summed E-state index contributed by atoms with van der Waals surface area (Å²) in [5.74, 6) is 0. The lowest BCUT2D eigenvalue weighted by atomic mass is 10.1. The number of nitrogens with one attached hydrogen (secondary N) is 1. The highest BCUT2D eigenvalue weighted by molar-refractivity contribution is 5.30. The Kier molecular flexibility index (Phi) is 3.22. The maximum absolute atomic E-state index is 11.5. The van der Waals surface area contributed by atoms with Gasteiger partial charge in [-0.05, 0) is 0 Å². The van der Waals surface area contributed by atoms with Crippen LogP contribution in [0.2, 0.25) is 0 Å². The molecule has 1 saturated heterocycles. The van der Waals surface area contributed by atoms with Gasteiger partial charge in [-0.15, -0.1) is 0 Å². The molecular formula is C9H13N3O6. The van der Waals surface area contributed by atoms with Gasteiger partial charge in [0.05, 0.1) is 6.61 Å². The maximum atomic E-state index is 11.5. The Morgan fingerprint density at radius 1 is 1.39 bits per heavy atom.